The number of nitrogens with two attached hydrogens (primary N) is 1. The van der Waals surface area contributed by atoms with Crippen LogP contribution in [0.15, 0.2) is 24.3 Å². The van der Waals surface area contributed by atoms with E-state index in [-0.39, 0.29) is 11.9 Å². The maximum atomic E-state index is 13.3. The van der Waals surface area contributed by atoms with Crippen LogP contribution in [0.5, 0.6) is 0 Å². The topological polar surface area (TPSA) is 43.8 Å². The van der Waals surface area contributed by atoms with Gasteiger partial charge in [0.1, 0.15) is 11.6 Å². The molecule has 0 saturated heterocycles. The van der Waals surface area contributed by atoms with Crippen LogP contribution < -0.4 is 5.73 Å². The van der Waals surface area contributed by atoms with E-state index in [2.05, 4.69) is 9.55 Å². The van der Waals surface area contributed by atoms with Gasteiger partial charge < -0.3 is 10.3 Å². The van der Waals surface area contributed by atoms with Gasteiger partial charge in [-0.1, -0.05) is 12.1 Å². The summed E-state index contributed by atoms with van der Waals surface area (Å²) in [6.07, 6.45) is 1.95. The van der Waals surface area contributed by atoms with Crippen LogP contribution in [0.2, 0.25) is 0 Å². The molecule has 1 aromatic carbocycles. The number of imidazole rings is 1. The molecule has 0 saturated carbocycles. The SMILES string of the molecule is Cc1nc(-c2cccc(F)c2)n2c1CCC(N)C2. The van der Waals surface area contributed by atoms with Gasteiger partial charge in [-0.2, -0.15) is 0 Å². The van der Waals surface area contributed by atoms with Crippen LogP contribution in [0, 0.1) is 12.7 Å². The number of aryl methyl sites for hydroxylation is 1. The van der Waals surface area contributed by atoms with E-state index in [1.807, 2.05) is 13.0 Å². The van der Waals surface area contributed by atoms with Gasteiger partial charge in [-0.05, 0) is 31.9 Å². The predicted octanol–water partition coefficient (Wildman–Crippen LogP) is 2.27. The summed E-state index contributed by atoms with van der Waals surface area (Å²) in [6.45, 7) is 2.77. The van der Waals surface area contributed by atoms with Gasteiger partial charge in [-0.3, -0.25) is 0 Å². The van der Waals surface area contributed by atoms with Crippen LogP contribution >= 0.6 is 0 Å². The van der Waals surface area contributed by atoms with Crippen molar-refractivity contribution in [1.29, 1.82) is 0 Å². The maximum Gasteiger partial charge on any atom is 0.140 e. The molecule has 1 aliphatic rings. The van der Waals surface area contributed by atoms with Gasteiger partial charge >= 0.3 is 0 Å². The Morgan fingerprint density at radius 2 is 2.28 bits per heavy atom. The van der Waals surface area contributed by atoms with E-state index in [9.17, 15) is 4.39 Å². The predicted molar refractivity (Wildman–Crippen MR) is 68.7 cm³/mol. The van der Waals surface area contributed by atoms with Crippen LogP contribution in [0.1, 0.15) is 17.8 Å². The Morgan fingerprint density at radius 3 is 3.06 bits per heavy atom. The van der Waals surface area contributed by atoms with Gasteiger partial charge in [0.2, 0.25) is 0 Å². The molecule has 0 radical (unpaired) electrons. The largest absolute Gasteiger partial charge is 0.326 e. The molecule has 18 heavy (non-hydrogen) atoms. The molecule has 4 heteroatoms. The van der Waals surface area contributed by atoms with Gasteiger partial charge in [-0.15, -0.1) is 0 Å². The first-order valence-electron chi connectivity index (χ1n) is 6.22. The lowest BCUT2D eigenvalue weighted by molar-refractivity contribution is 0.462. The second kappa shape index (κ2) is 4.21. The third kappa shape index (κ3) is 1.82. The Hall–Kier alpha value is -1.68. The summed E-state index contributed by atoms with van der Waals surface area (Å²) >= 11 is 0. The molecule has 0 spiro atoms. The second-order valence-corrected chi connectivity index (χ2v) is 4.89. The first-order valence-corrected chi connectivity index (χ1v) is 6.22. The highest BCUT2D eigenvalue weighted by atomic mass is 19.1. The van der Waals surface area contributed by atoms with E-state index >= 15 is 0 Å². The standard InChI is InChI=1S/C14H16FN3/c1-9-13-6-5-12(16)8-18(13)14(17-9)10-3-2-4-11(15)7-10/h2-4,7,12H,5-6,8,16H2,1H3. The quantitative estimate of drug-likeness (QED) is 0.837. The van der Waals surface area contributed by atoms with Crippen molar-refractivity contribution in [3.63, 3.8) is 0 Å². The fraction of sp³-hybridized carbons (Fsp3) is 0.357. The van der Waals surface area contributed by atoms with E-state index in [1.54, 1.807) is 6.07 Å². The van der Waals surface area contributed by atoms with Crippen LogP contribution in [0.3, 0.4) is 0 Å². The number of hydrogen-bond donors (Lipinski definition) is 1. The number of aromatic nitrogens is 2. The van der Waals surface area contributed by atoms with Gasteiger partial charge in [-0.25, -0.2) is 9.37 Å². The molecule has 0 bridgehead atoms. The highest BCUT2D eigenvalue weighted by molar-refractivity contribution is 5.57. The monoisotopic (exact) mass is 245 g/mol. The average molecular weight is 245 g/mol. The highest BCUT2D eigenvalue weighted by Gasteiger charge is 2.22. The molecule has 1 unspecified atom stereocenters. The van der Waals surface area contributed by atoms with Crippen LogP contribution in [-0.2, 0) is 13.0 Å². The zero-order chi connectivity index (χ0) is 12.7. The Balaban J connectivity index is 2.13. The van der Waals surface area contributed by atoms with Crippen LogP contribution in [-0.4, -0.2) is 15.6 Å². The lowest BCUT2D eigenvalue weighted by Gasteiger charge is -2.22. The molecule has 3 nitrogen and oxygen atoms in total. The van der Waals surface area contributed by atoms with Crippen LogP contribution in [0.4, 0.5) is 4.39 Å². The molecule has 0 fully saturated rings. The Bertz CT molecular complexity index is 589. The smallest absolute Gasteiger partial charge is 0.140 e. The Kier molecular flexibility index (Phi) is 2.67. The number of nitrogens with zero attached hydrogens (tertiary/aromatic N) is 2. The molecule has 2 N–H and O–H groups in total. The zero-order valence-corrected chi connectivity index (χ0v) is 10.4. The number of rotatable bonds is 1. The summed E-state index contributed by atoms with van der Waals surface area (Å²) in [5.41, 5.74) is 9.09. The molecule has 2 heterocycles. The van der Waals surface area contributed by atoms with Gasteiger partial charge in [0.05, 0.1) is 5.69 Å². The lowest BCUT2D eigenvalue weighted by Crippen LogP contribution is -2.32. The highest BCUT2D eigenvalue weighted by Crippen LogP contribution is 2.27. The number of hydrogen-bond acceptors (Lipinski definition) is 2. The summed E-state index contributed by atoms with van der Waals surface area (Å²) in [4.78, 5) is 4.58. The minimum absolute atomic E-state index is 0.165. The molecule has 1 aliphatic heterocycles. The molecule has 2 aromatic rings. The van der Waals surface area contributed by atoms with Crippen molar-refractivity contribution in [1.82, 2.24) is 9.55 Å². The minimum Gasteiger partial charge on any atom is -0.326 e. The number of halogens is 1. The van der Waals surface area contributed by atoms with Crippen molar-refractivity contribution in [2.75, 3.05) is 0 Å². The summed E-state index contributed by atoms with van der Waals surface area (Å²) in [6, 6.07) is 6.73. The molecule has 1 aromatic heterocycles. The van der Waals surface area contributed by atoms with Gasteiger partial charge in [0, 0.05) is 23.8 Å². The van der Waals surface area contributed by atoms with Crippen molar-refractivity contribution < 1.29 is 4.39 Å². The van der Waals surface area contributed by atoms with Crippen molar-refractivity contribution in [2.24, 2.45) is 5.73 Å². The zero-order valence-electron chi connectivity index (χ0n) is 10.4. The van der Waals surface area contributed by atoms with Crippen molar-refractivity contribution in [3.8, 4) is 11.4 Å². The molecular formula is C14H16FN3. The first-order chi connectivity index (χ1) is 8.65. The maximum absolute atomic E-state index is 13.3. The van der Waals surface area contributed by atoms with Gasteiger partial charge in [0.15, 0.2) is 0 Å². The summed E-state index contributed by atoms with van der Waals surface area (Å²) in [7, 11) is 0. The molecule has 3 rings (SSSR count). The lowest BCUT2D eigenvalue weighted by atomic mass is 10.0. The van der Waals surface area contributed by atoms with E-state index in [0.717, 1.165) is 36.5 Å². The fourth-order valence-corrected chi connectivity index (χ4v) is 2.62. The first kappa shape index (κ1) is 11.4. The number of fused-ring (bicyclic) bond motifs is 1. The molecule has 1 atom stereocenters. The summed E-state index contributed by atoms with van der Waals surface area (Å²) < 4.78 is 15.4. The fourth-order valence-electron chi connectivity index (χ4n) is 2.62. The van der Waals surface area contributed by atoms with E-state index in [4.69, 9.17) is 5.73 Å². The average Bonchev–Trinajstić information content (AvgIpc) is 2.66. The van der Waals surface area contributed by atoms with Crippen LogP contribution in [0.25, 0.3) is 11.4 Å². The van der Waals surface area contributed by atoms with E-state index < -0.39 is 0 Å². The molecule has 0 aliphatic carbocycles. The summed E-state index contributed by atoms with van der Waals surface area (Å²) in [5, 5.41) is 0. The van der Waals surface area contributed by atoms with E-state index in [1.165, 1.54) is 17.8 Å². The molecule has 0 amide bonds. The third-order valence-electron chi connectivity index (χ3n) is 3.52. The van der Waals surface area contributed by atoms with Gasteiger partial charge in [0.25, 0.3) is 0 Å². The van der Waals surface area contributed by atoms with E-state index in [0.29, 0.717) is 0 Å². The Morgan fingerprint density at radius 1 is 1.44 bits per heavy atom. The molecule has 94 valence electrons. The van der Waals surface area contributed by atoms with Crippen molar-refractivity contribution >= 4 is 0 Å². The molecular weight excluding hydrogens is 229 g/mol. The third-order valence-corrected chi connectivity index (χ3v) is 3.52. The normalized spacial score (nSPS) is 18.7. The second-order valence-electron chi connectivity index (χ2n) is 4.89. The minimum atomic E-state index is -0.234. The van der Waals surface area contributed by atoms with Crippen molar-refractivity contribution in [2.45, 2.75) is 32.4 Å². The Labute approximate surface area is 105 Å². The summed E-state index contributed by atoms with van der Waals surface area (Å²) in [5.74, 6) is 0.597. The van der Waals surface area contributed by atoms with Crippen molar-refractivity contribution in [3.05, 3.63) is 41.5 Å². The number of benzene rings is 1.